The summed E-state index contributed by atoms with van der Waals surface area (Å²) in [5.74, 6) is 0. The lowest BCUT2D eigenvalue weighted by Crippen LogP contribution is -2.36. The van der Waals surface area contributed by atoms with E-state index in [1.807, 2.05) is 13.8 Å². The molecular formula is C14H24N2O2S2. The fourth-order valence-electron chi connectivity index (χ4n) is 1.83. The molecule has 0 bridgehead atoms. The van der Waals surface area contributed by atoms with Gasteiger partial charge in [0.1, 0.15) is 0 Å². The van der Waals surface area contributed by atoms with Gasteiger partial charge in [0.2, 0.25) is 10.0 Å². The second-order valence-corrected chi connectivity index (χ2v) is 7.77. The van der Waals surface area contributed by atoms with Gasteiger partial charge in [0.15, 0.2) is 0 Å². The Hall–Kier alpha value is -0.690. The van der Waals surface area contributed by atoms with Crippen molar-refractivity contribution in [2.45, 2.75) is 44.7 Å². The molecule has 0 saturated carbocycles. The topological polar surface area (TPSA) is 49.4 Å². The van der Waals surface area contributed by atoms with Crippen LogP contribution in [-0.4, -0.2) is 31.9 Å². The fourth-order valence-corrected chi connectivity index (χ4v) is 4.67. The molecule has 0 aromatic carbocycles. The molecule has 6 heteroatoms. The van der Waals surface area contributed by atoms with E-state index in [2.05, 4.69) is 18.8 Å². The molecule has 0 aliphatic carbocycles. The van der Waals surface area contributed by atoms with E-state index in [0.717, 1.165) is 24.4 Å². The van der Waals surface area contributed by atoms with E-state index in [0.29, 0.717) is 11.4 Å². The Labute approximate surface area is 126 Å². The van der Waals surface area contributed by atoms with Crippen LogP contribution in [-0.2, 0) is 16.6 Å². The van der Waals surface area contributed by atoms with Crippen molar-refractivity contribution in [1.29, 1.82) is 0 Å². The van der Waals surface area contributed by atoms with Crippen LogP contribution < -0.4 is 5.32 Å². The van der Waals surface area contributed by atoms with Gasteiger partial charge in [-0.15, -0.1) is 17.9 Å². The first-order chi connectivity index (χ1) is 9.43. The van der Waals surface area contributed by atoms with Crippen molar-refractivity contribution in [3.63, 3.8) is 0 Å². The van der Waals surface area contributed by atoms with Gasteiger partial charge in [-0.25, -0.2) is 8.42 Å². The predicted molar refractivity (Wildman–Crippen MR) is 85.5 cm³/mol. The van der Waals surface area contributed by atoms with Crippen molar-refractivity contribution >= 4 is 21.4 Å². The summed E-state index contributed by atoms with van der Waals surface area (Å²) in [5, 5.41) is 5.00. The average Bonchev–Trinajstić information content (AvgIpc) is 2.85. The molecule has 1 heterocycles. The minimum absolute atomic E-state index is 0.0837. The Balaban J connectivity index is 2.89. The van der Waals surface area contributed by atoms with Crippen LogP contribution in [0.4, 0.5) is 0 Å². The smallest absolute Gasteiger partial charge is 0.244 e. The van der Waals surface area contributed by atoms with Gasteiger partial charge in [0.05, 0.1) is 4.90 Å². The SMILES string of the molecule is C=CCN(C(C)C)S(=O)(=O)c1csc(CNCCC)c1. The van der Waals surface area contributed by atoms with E-state index < -0.39 is 10.0 Å². The summed E-state index contributed by atoms with van der Waals surface area (Å²) in [4.78, 5) is 1.42. The largest absolute Gasteiger partial charge is 0.312 e. The van der Waals surface area contributed by atoms with Gasteiger partial charge in [-0.1, -0.05) is 13.0 Å². The van der Waals surface area contributed by atoms with E-state index >= 15 is 0 Å². The van der Waals surface area contributed by atoms with Gasteiger partial charge in [-0.05, 0) is 32.9 Å². The third-order valence-electron chi connectivity index (χ3n) is 2.85. The normalized spacial score (nSPS) is 12.2. The molecule has 0 radical (unpaired) electrons. The van der Waals surface area contributed by atoms with Crippen LogP contribution >= 0.6 is 11.3 Å². The minimum Gasteiger partial charge on any atom is -0.312 e. The van der Waals surface area contributed by atoms with Gasteiger partial charge in [0.25, 0.3) is 0 Å². The van der Waals surface area contributed by atoms with Crippen LogP contribution in [0.2, 0.25) is 0 Å². The van der Waals surface area contributed by atoms with Crippen LogP contribution in [0.25, 0.3) is 0 Å². The molecule has 1 aromatic heterocycles. The summed E-state index contributed by atoms with van der Waals surface area (Å²) < 4.78 is 26.6. The maximum atomic E-state index is 12.6. The van der Waals surface area contributed by atoms with Gasteiger partial charge in [-0.3, -0.25) is 0 Å². The Bertz CT molecular complexity index is 521. The molecule has 1 rings (SSSR count). The van der Waals surface area contributed by atoms with Crippen LogP contribution in [0.5, 0.6) is 0 Å². The maximum Gasteiger partial charge on any atom is 0.244 e. The molecule has 1 aromatic rings. The molecule has 0 saturated heterocycles. The summed E-state index contributed by atoms with van der Waals surface area (Å²) in [6.07, 6.45) is 2.69. The lowest BCUT2D eigenvalue weighted by Gasteiger charge is -2.23. The Kier molecular flexibility index (Phi) is 6.88. The van der Waals surface area contributed by atoms with Gasteiger partial charge >= 0.3 is 0 Å². The molecule has 0 aliphatic rings. The Morgan fingerprint density at radius 3 is 2.75 bits per heavy atom. The lowest BCUT2D eigenvalue weighted by molar-refractivity contribution is 0.383. The number of hydrogen-bond acceptors (Lipinski definition) is 4. The van der Waals surface area contributed by atoms with Crippen LogP contribution in [0, 0.1) is 0 Å². The summed E-state index contributed by atoms with van der Waals surface area (Å²) in [7, 11) is -3.43. The van der Waals surface area contributed by atoms with E-state index in [1.165, 1.54) is 15.6 Å². The van der Waals surface area contributed by atoms with Crippen LogP contribution in [0.1, 0.15) is 32.1 Å². The quantitative estimate of drug-likeness (QED) is 0.563. The highest BCUT2D eigenvalue weighted by Crippen LogP contribution is 2.24. The predicted octanol–water partition coefficient (Wildman–Crippen LogP) is 2.83. The number of sulfonamides is 1. The zero-order chi connectivity index (χ0) is 15.2. The Morgan fingerprint density at radius 2 is 2.20 bits per heavy atom. The highest BCUT2D eigenvalue weighted by atomic mass is 32.2. The molecule has 0 aliphatic heterocycles. The maximum absolute atomic E-state index is 12.6. The summed E-state index contributed by atoms with van der Waals surface area (Å²) in [5.41, 5.74) is 0. The highest BCUT2D eigenvalue weighted by molar-refractivity contribution is 7.89. The third kappa shape index (κ3) is 4.41. The van der Waals surface area contributed by atoms with Crippen LogP contribution in [0.3, 0.4) is 0 Å². The zero-order valence-electron chi connectivity index (χ0n) is 12.4. The standard InChI is InChI=1S/C14H24N2O2S2/c1-5-7-15-10-13-9-14(11-19-13)20(17,18)16(8-6-2)12(3)4/h6,9,11-12,15H,2,5,7-8,10H2,1,3-4H3. The molecule has 20 heavy (non-hydrogen) atoms. The van der Waals surface area contributed by atoms with Crippen molar-refractivity contribution < 1.29 is 8.42 Å². The number of hydrogen-bond donors (Lipinski definition) is 1. The van der Waals surface area contributed by atoms with E-state index in [1.54, 1.807) is 17.5 Å². The van der Waals surface area contributed by atoms with E-state index in [-0.39, 0.29) is 6.04 Å². The Morgan fingerprint density at radius 1 is 1.50 bits per heavy atom. The first-order valence-corrected chi connectivity index (χ1v) is 9.16. The van der Waals surface area contributed by atoms with Gasteiger partial charge < -0.3 is 5.32 Å². The summed E-state index contributed by atoms with van der Waals surface area (Å²) in [6, 6.07) is 1.68. The number of rotatable bonds is 9. The second kappa shape index (κ2) is 7.93. The minimum atomic E-state index is -3.43. The first kappa shape index (κ1) is 17.4. The lowest BCUT2D eigenvalue weighted by atomic mass is 10.4. The summed E-state index contributed by atoms with van der Waals surface area (Å²) in [6.45, 7) is 11.5. The molecule has 0 atom stereocenters. The monoisotopic (exact) mass is 316 g/mol. The molecule has 0 amide bonds. The molecule has 0 spiro atoms. The van der Waals surface area contributed by atoms with E-state index in [4.69, 9.17) is 0 Å². The molecule has 0 unspecified atom stereocenters. The highest BCUT2D eigenvalue weighted by Gasteiger charge is 2.26. The third-order valence-corrected chi connectivity index (χ3v) is 5.95. The number of nitrogens with zero attached hydrogens (tertiary/aromatic N) is 1. The van der Waals surface area contributed by atoms with Gasteiger partial charge in [0, 0.05) is 29.4 Å². The summed E-state index contributed by atoms with van der Waals surface area (Å²) >= 11 is 1.48. The second-order valence-electron chi connectivity index (χ2n) is 4.88. The van der Waals surface area contributed by atoms with Crippen molar-refractivity contribution in [2.75, 3.05) is 13.1 Å². The van der Waals surface area contributed by atoms with Crippen molar-refractivity contribution in [3.8, 4) is 0 Å². The molecule has 4 nitrogen and oxygen atoms in total. The molecular weight excluding hydrogens is 292 g/mol. The van der Waals surface area contributed by atoms with Gasteiger partial charge in [-0.2, -0.15) is 4.31 Å². The van der Waals surface area contributed by atoms with E-state index in [9.17, 15) is 8.42 Å². The van der Waals surface area contributed by atoms with Crippen molar-refractivity contribution in [2.24, 2.45) is 0 Å². The molecule has 0 fully saturated rings. The average molecular weight is 316 g/mol. The number of nitrogens with one attached hydrogen (secondary N) is 1. The fraction of sp³-hybridized carbons (Fsp3) is 0.571. The van der Waals surface area contributed by atoms with Crippen molar-refractivity contribution in [3.05, 3.63) is 29.0 Å². The van der Waals surface area contributed by atoms with Crippen LogP contribution in [0.15, 0.2) is 29.0 Å². The molecule has 1 N–H and O–H groups in total. The molecule has 114 valence electrons. The first-order valence-electron chi connectivity index (χ1n) is 6.84. The number of thiophene rings is 1. The zero-order valence-corrected chi connectivity index (χ0v) is 14.1. The van der Waals surface area contributed by atoms with Crippen molar-refractivity contribution in [1.82, 2.24) is 9.62 Å².